The zero-order valence-electron chi connectivity index (χ0n) is 10.5. The Morgan fingerprint density at radius 3 is 2.94 bits per heavy atom. The smallest absolute Gasteiger partial charge is 0.0995 e. The topological polar surface area (TPSA) is 29.9 Å². The van der Waals surface area contributed by atoms with E-state index in [2.05, 4.69) is 59.2 Å². The third-order valence-electron chi connectivity index (χ3n) is 2.81. The molecule has 0 atom stereocenters. The maximum Gasteiger partial charge on any atom is 0.0995 e. The van der Waals surface area contributed by atoms with Crippen LogP contribution in [-0.4, -0.2) is 16.1 Å². The van der Waals surface area contributed by atoms with Gasteiger partial charge < -0.3 is 9.88 Å². The summed E-state index contributed by atoms with van der Waals surface area (Å²) in [6.45, 7) is 6.07. The standard InChI is InChI=1S/C14H19N3/c1-3-12-6-5-7-14(8-12)17-10-13(16-11-17)9-15-4-2/h5-8,10-11,15H,3-4,9H2,1-2H3. The average molecular weight is 229 g/mol. The van der Waals surface area contributed by atoms with E-state index >= 15 is 0 Å². The Kier molecular flexibility index (Phi) is 3.94. The van der Waals surface area contributed by atoms with Crippen molar-refractivity contribution in [2.45, 2.75) is 26.8 Å². The highest BCUT2D eigenvalue weighted by Crippen LogP contribution is 2.11. The van der Waals surface area contributed by atoms with E-state index < -0.39 is 0 Å². The SMILES string of the molecule is CCNCc1cn(-c2cccc(CC)c2)cn1. The first-order valence-electron chi connectivity index (χ1n) is 6.16. The van der Waals surface area contributed by atoms with E-state index in [1.54, 1.807) is 0 Å². The van der Waals surface area contributed by atoms with E-state index in [0.29, 0.717) is 0 Å². The van der Waals surface area contributed by atoms with Gasteiger partial charge in [-0.25, -0.2) is 4.98 Å². The molecule has 0 saturated heterocycles. The van der Waals surface area contributed by atoms with Gasteiger partial charge in [0, 0.05) is 18.4 Å². The quantitative estimate of drug-likeness (QED) is 0.854. The van der Waals surface area contributed by atoms with Crippen LogP contribution in [0.2, 0.25) is 0 Å². The van der Waals surface area contributed by atoms with Gasteiger partial charge in [-0.2, -0.15) is 0 Å². The fourth-order valence-electron chi connectivity index (χ4n) is 1.79. The third kappa shape index (κ3) is 2.94. The number of hydrogen-bond donors (Lipinski definition) is 1. The van der Waals surface area contributed by atoms with E-state index in [-0.39, 0.29) is 0 Å². The molecule has 0 bridgehead atoms. The summed E-state index contributed by atoms with van der Waals surface area (Å²) in [4.78, 5) is 4.39. The number of nitrogens with zero attached hydrogens (tertiary/aromatic N) is 2. The molecule has 3 nitrogen and oxygen atoms in total. The molecule has 90 valence electrons. The highest BCUT2D eigenvalue weighted by molar-refractivity contribution is 5.36. The van der Waals surface area contributed by atoms with Crippen LogP contribution in [0.15, 0.2) is 36.8 Å². The summed E-state index contributed by atoms with van der Waals surface area (Å²) in [7, 11) is 0. The molecular formula is C14H19N3. The summed E-state index contributed by atoms with van der Waals surface area (Å²) in [5, 5.41) is 3.28. The Bertz CT molecular complexity index is 474. The van der Waals surface area contributed by atoms with Gasteiger partial charge in [-0.05, 0) is 30.7 Å². The second-order valence-electron chi connectivity index (χ2n) is 4.08. The van der Waals surface area contributed by atoms with E-state index in [1.165, 1.54) is 11.3 Å². The third-order valence-corrected chi connectivity index (χ3v) is 2.81. The lowest BCUT2D eigenvalue weighted by Gasteiger charge is -2.03. The first-order chi connectivity index (χ1) is 8.33. The van der Waals surface area contributed by atoms with E-state index in [9.17, 15) is 0 Å². The molecule has 1 aromatic heterocycles. The van der Waals surface area contributed by atoms with Crippen molar-refractivity contribution in [3.63, 3.8) is 0 Å². The highest BCUT2D eigenvalue weighted by Gasteiger charge is 2.00. The number of aromatic nitrogens is 2. The number of hydrogen-bond acceptors (Lipinski definition) is 2. The number of imidazole rings is 1. The van der Waals surface area contributed by atoms with Gasteiger partial charge in [0.05, 0.1) is 12.0 Å². The van der Waals surface area contributed by atoms with Crippen molar-refractivity contribution < 1.29 is 0 Å². The van der Waals surface area contributed by atoms with Crippen molar-refractivity contribution >= 4 is 0 Å². The summed E-state index contributed by atoms with van der Waals surface area (Å²) in [5.74, 6) is 0. The molecule has 0 spiro atoms. The van der Waals surface area contributed by atoms with Gasteiger partial charge in [-0.15, -0.1) is 0 Å². The molecule has 0 aliphatic carbocycles. The highest BCUT2D eigenvalue weighted by atomic mass is 15.0. The molecule has 0 unspecified atom stereocenters. The Morgan fingerprint density at radius 2 is 2.18 bits per heavy atom. The van der Waals surface area contributed by atoms with Gasteiger partial charge in [0.1, 0.15) is 0 Å². The predicted molar refractivity (Wildman–Crippen MR) is 70.3 cm³/mol. The Labute approximate surface area is 103 Å². The van der Waals surface area contributed by atoms with E-state index in [4.69, 9.17) is 0 Å². The summed E-state index contributed by atoms with van der Waals surface area (Å²) < 4.78 is 2.08. The number of benzene rings is 1. The lowest BCUT2D eigenvalue weighted by Crippen LogP contribution is -2.11. The van der Waals surface area contributed by atoms with Crippen LogP contribution in [0.5, 0.6) is 0 Å². The second-order valence-corrected chi connectivity index (χ2v) is 4.08. The minimum atomic E-state index is 0.830. The average Bonchev–Trinajstić information content (AvgIpc) is 2.85. The van der Waals surface area contributed by atoms with Crippen LogP contribution in [0.25, 0.3) is 5.69 Å². The molecule has 1 heterocycles. The summed E-state index contributed by atoms with van der Waals surface area (Å²) in [5.41, 5.74) is 3.61. The normalized spacial score (nSPS) is 10.7. The molecule has 17 heavy (non-hydrogen) atoms. The van der Waals surface area contributed by atoms with Crippen LogP contribution in [0, 0.1) is 0 Å². The molecular weight excluding hydrogens is 210 g/mol. The van der Waals surface area contributed by atoms with Gasteiger partial charge >= 0.3 is 0 Å². The van der Waals surface area contributed by atoms with Crippen molar-refractivity contribution in [2.75, 3.05) is 6.54 Å². The molecule has 2 rings (SSSR count). The van der Waals surface area contributed by atoms with Crippen molar-refractivity contribution in [3.05, 3.63) is 48.0 Å². The fourth-order valence-corrected chi connectivity index (χ4v) is 1.79. The summed E-state index contributed by atoms with van der Waals surface area (Å²) in [6.07, 6.45) is 5.02. The first-order valence-corrected chi connectivity index (χ1v) is 6.16. The second kappa shape index (κ2) is 5.64. The van der Waals surface area contributed by atoms with Gasteiger partial charge in [0.25, 0.3) is 0 Å². The Morgan fingerprint density at radius 1 is 1.29 bits per heavy atom. The maximum atomic E-state index is 4.39. The van der Waals surface area contributed by atoms with Crippen molar-refractivity contribution in [3.8, 4) is 5.69 Å². The van der Waals surface area contributed by atoms with Crippen molar-refractivity contribution in [1.29, 1.82) is 0 Å². The molecule has 1 aromatic carbocycles. The molecule has 0 aliphatic rings. The van der Waals surface area contributed by atoms with Gasteiger partial charge in [-0.1, -0.05) is 26.0 Å². The molecule has 3 heteroatoms. The van der Waals surface area contributed by atoms with Crippen molar-refractivity contribution in [1.82, 2.24) is 14.9 Å². The molecule has 0 radical (unpaired) electrons. The van der Waals surface area contributed by atoms with Gasteiger partial charge in [0.15, 0.2) is 0 Å². The molecule has 0 aliphatic heterocycles. The van der Waals surface area contributed by atoms with Crippen LogP contribution >= 0.6 is 0 Å². The largest absolute Gasteiger partial charge is 0.311 e. The molecule has 2 aromatic rings. The number of nitrogens with one attached hydrogen (secondary N) is 1. The number of aryl methyl sites for hydroxylation is 1. The monoisotopic (exact) mass is 229 g/mol. The summed E-state index contributed by atoms with van der Waals surface area (Å²) in [6, 6.07) is 8.56. The number of rotatable bonds is 5. The minimum Gasteiger partial charge on any atom is -0.311 e. The predicted octanol–water partition coefficient (Wildman–Crippen LogP) is 2.54. The fraction of sp³-hybridized carbons (Fsp3) is 0.357. The first kappa shape index (κ1) is 11.9. The van der Waals surface area contributed by atoms with E-state index in [0.717, 1.165) is 25.2 Å². The minimum absolute atomic E-state index is 0.830. The van der Waals surface area contributed by atoms with Gasteiger partial charge in [0.2, 0.25) is 0 Å². The Balaban J connectivity index is 2.18. The zero-order chi connectivity index (χ0) is 12.1. The lowest BCUT2D eigenvalue weighted by atomic mass is 10.1. The van der Waals surface area contributed by atoms with Crippen LogP contribution in [0.3, 0.4) is 0 Å². The van der Waals surface area contributed by atoms with Crippen LogP contribution in [0.1, 0.15) is 25.1 Å². The molecule has 1 N–H and O–H groups in total. The van der Waals surface area contributed by atoms with E-state index in [1.807, 2.05) is 6.33 Å². The maximum absolute atomic E-state index is 4.39. The molecule has 0 saturated carbocycles. The van der Waals surface area contributed by atoms with Crippen molar-refractivity contribution in [2.24, 2.45) is 0 Å². The molecule has 0 amide bonds. The summed E-state index contributed by atoms with van der Waals surface area (Å²) >= 11 is 0. The zero-order valence-corrected chi connectivity index (χ0v) is 10.5. The Hall–Kier alpha value is -1.61. The van der Waals surface area contributed by atoms with Crippen LogP contribution < -0.4 is 5.32 Å². The van der Waals surface area contributed by atoms with Crippen LogP contribution in [0.4, 0.5) is 0 Å². The van der Waals surface area contributed by atoms with Gasteiger partial charge in [-0.3, -0.25) is 0 Å². The molecule has 0 fully saturated rings. The lowest BCUT2D eigenvalue weighted by molar-refractivity contribution is 0.713. The van der Waals surface area contributed by atoms with Crippen LogP contribution in [-0.2, 0) is 13.0 Å².